The van der Waals surface area contributed by atoms with E-state index in [1.807, 2.05) is 21.1 Å². The molecule has 51 heavy (non-hydrogen) atoms. The van der Waals surface area contributed by atoms with Crippen LogP contribution in [0.3, 0.4) is 0 Å². The summed E-state index contributed by atoms with van der Waals surface area (Å²) in [5.74, 6) is 0. The fourth-order valence-corrected chi connectivity index (χ4v) is 7.04. The number of likely N-dealkylation sites (N-methyl/N-ethyl adjacent to an activating group) is 1. The Hall–Kier alpha value is -0.700. The van der Waals surface area contributed by atoms with Gasteiger partial charge in [-0.25, -0.2) is 4.79 Å². The maximum atomic E-state index is 12.6. The Morgan fingerprint density at radius 3 is 1.39 bits per heavy atom. The fraction of sp³-hybridized carbons (Fsp3) is 0.976. The monoisotopic (exact) mass is 748 g/mol. The second kappa shape index (κ2) is 36.3. The van der Waals surface area contributed by atoms with Crippen LogP contribution in [-0.4, -0.2) is 77.2 Å². The summed E-state index contributed by atoms with van der Waals surface area (Å²) in [6.07, 6.45) is 35.4. The van der Waals surface area contributed by atoms with Gasteiger partial charge in [-0.05, 0) is 12.8 Å². The first-order valence-corrected chi connectivity index (χ1v) is 23.1. The van der Waals surface area contributed by atoms with E-state index < -0.39 is 13.9 Å². The topological polar surface area (TPSA) is 109 Å². The van der Waals surface area contributed by atoms with Gasteiger partial charge in [-0.2, -0.15) is 0 Å². The molecule has 0 radical (unpaired) electrons. The summed E-state index contributed by atoms with van der Waals surface area (Å²) in [6.45, 7) is 6.32. The van der Waals surface area contributed by atoms with Crippen molar-refractivity contribution in [2.24, 2.45) is 0 Å². The molecule has 0 fully saturated rings. The number of hydrogen-bond donors (Lipinski definition) is 2. The van der Waals surface area contributed by atoms with Gasteiger partial charge in [0.05, 0.1) is 27.7 Å². The van der Waals surface area contributed by atoms with Crippen LogP contribution in [-0.2, 0) is 18.3 Å². The van der Waals surface area contributed by atoms with Crippen molar-refractivity contribution in [2.45, 2.75) is 200 Å². The molecule has 10 heteroatoms. The van der Waals surface area contributed by atoms with E-state index in [1.54, 1.807) is 0 Å². The lowest BCUT2D eigenvalue weighted by molar-refractivity contribution is -0.870. The van der Waals surface area contributed by atoms with Crippen molar-refractivity contribution < 1.29 is 32.5 Å². The molecular weight excluding hydrogens is 661 g/mol. The molecule has 0 aliphatic rings. The van der Waals surface area contributed by atoms with Crippen LogP contribution in [0.1, 0.15) is 194 Å². The Balaban J connectivity index is 4.15. The normalized spacial score (nSPS) is 13.7. The zero-order valence-electron chi connectivity index (χ0n) is 34.5. The van der Waals surface area contributed by atoms with Gasteiger partial charge in [-0.15, -0.1) is 0 Å². The van der Waals surface area contributed by atoms with Gasteiger partial charge in [-0.3, -0.25) is 4.57 Å². The van der Waals surface area contributed by atoms with Crippen molar-refractivity contribution in [2.75, 3.05) is 60.6 Å². The molecule has 0 spiro atoms. The SMILES string of the molecule is CCCCCCCCCCCCCCCCNC(=O)NCC(COCCCCCCCCCCCCCCCC)OP(=O)([O-])OCC[N+](C)(C)C. The van der Waals surface area contributed by atoms with Crippen LogP contribution in [0.15, 0.2) is 0 Å². The quantitative estimate of drug-likeness (QED) is 0.0367. The number of amides is 2. The Kier molecular flexibility index (Phi) is 35.8. The molecule has 0 aromatic carbocycles. The maximum absolute atomic E-state index is 12.6. The molecule has 0 rings (SSSR count). The lowest BCUT2D eigenvalue weighted by Crippen LogP contribution is -2.42. The third-order valence-electron chi connectivity index (χ3n) is 9.54. The highest BCUT2D eigenvalue weighted by Gasteiger charge is 2.21. The Morgan fingerprint density at radius 2 is 0.980 bits per heavy atom. The first kappa shape index (κ1) is 50.3. The molecule has 2 atom stereocenters. The Bertz CT molecular complexity index is 798. The van der Waals surface area contributed by atoms with E-state index in [-0.39, 0.29) is 25.8 Å². The van der Waals surface area contributed by atoms with Crippen LogP contribution in [0.2, 0.25) is 0 Å². The average Bonchev–Trinajstić information content (AvgIpc) is 3.07. The predicted octanol–water partition coefficient (Wildman–Crippen LogP) is 10.8. The van der Waals surface area contributed by atoms with Crippen LogP contribution in [0.4, 0.5) is 4.79 Å². The van der Waals surface area contributed by atoms with Gasteiger partial charge in [0.1, 0.15) is 19.3 Å². The maximum Gasteiger partial charge on any atom is 0.314 e. The lowest BCUT2D eigenvalue weighted by Gasteiger charge is -2.30. The number of carbonyl (C=O) groups excluding carboxylic acids is 1. The average molecular weight is 748 g/mol. The molecule has 0 aliphatic carbocycles. The van der Waals surface area contributed by atoms with E-state index in [4.69, 9.17) is 13.8 Å². The standard InChI is InChI=1S/C41H86N3O6P/c1-6-8-10-12-14-16-18-20-22-24-26-28-30-32-34-42-41(45)43-38-40(50-51(46,47)49-37-35-44(3,4)5)39-48-36-33-31-29-27-25-23-21-19-17-15-13-11-9-7-2/h40H,6-39H2,1-5H3,(H2-,42,43,45,46,47). The third kappa shape index (κ3) is 40.3. The molecule has 0 aliphatic heterocycles. The highest BCUT2D eigenvalue weighted by Crippen LogP contribution is 2.39. The summed E-state index contributed by atoms with van der Waals surface area (Å²) in [5.41, 5.74) is 0. The van der Waals surface area contributed by atoms with Gasteiger partial charge in [0.2, 0.25) is 0 Å². The fourth-order valence-electron chi connectivity index (χ4n) is 6.17. The van der Waals surface area contributed by atoms with E-state index in [9.17, 15) is 14.3 Å². The molecule has 306 valence electrons. The van der Waals surface area contributed by atoms with Crippen LogP contribution < -0.4 is 15.5 Å². The van der Waals surface area contributed by atoms with E-state index in [1.165, 1.54) is 154 Å². The van der Waals surface area contributed by atoms with Crippen LogP contribution >= 0.6 is 7.82 Å². The number of hydrogen-bond acceptors (Lipinski definition) is 6. The summed E-state index contributed by atoms with van der Waals surface area (Å²) in [7, 11) is 1.35. The summed E-state index contributed by atoms with van der Waals surface area (Å²) in [5, 5.41) is 5.66. The second-order valence-corrected chi connectivity index (χ2v) is 17.3. The van der Waals surface area contributed by atoms with Crippen LogP contribution in [0.25, 0.3) is 0 Å². The first-order valence-electron chi connectivity index (χ1n) is 21.6. The molecule has 2 N–H and O–H groups in total. The van der Waals surface area contributed by atoms with Crippen molar-refractivity contribution >= 4 is 13.9 Å². The molecule has 2 amide bonds. The van der Waals surface area contributed by atoms with E-state index in [0.717, 1.165) is 25.7 Å². The van der Waals surface area contributed by atoms with Crippen LogP contribution in [0.5, 0.6) is 0 Å². The third-order valence-corrected chi connectivity index (χ3v) is 10.6. The summed E-state index contributed by atoms with van der Waals surface area (Å²) >= 11 is 0. The number of nitrogens with zero attached hydrogens (tertiary/aromatic N) is 1. The van der Waals surface area contributed by atoms with Crippen molar-refractivity contribution in [3.8, 4) is 0 Å². The molecule has 9 nitrogen and oxygen atoms in total. The van der Waals surface area contributed by atoms with E-state index in [2.05, 4.69) is 24.5 Å². The molecule has 2 unspecified atom stereocenters. The number of rotatable bonds is 40. The molecule has 0 aromatic heterocycles. The molecule has 0 saturated heterocycles. The predicted molar refractivity (Wildman–Crippen MR) is 214 cm³/mol. The second-order valence-electron chi connectivity index (χ2n) is 15.9. The largest absolute Gasteiger partial charge is 0.756 e. The Morgan fingerprint density at radius 1 is 0.588 bits per heavy atom. The molecule has 0 saturated carbocycles. The summed E-state index contributed by atoms with van der Waals surface area (Å²) in [4.78, 5) is 25.0. The number of quaternary nitrogens is 1. The number of carbonyl (C=O) groups is 1. The van der Waals surface area contributed by atoms with Crippen molar-refractivity contribution in [3.63, 3.8) is 0 Å². The van der Waals surface area contributed by atoms with E-state index in [0.29, 0.717) is 24.2 Å². The number of unbranched alkanes of at least 4 members (excludes halogenated alkanes) is 26. The summed E-state index contributed by atoms with van der Waals surface area (Å²) in [6, 6.07) is -0.322. The number of urea groups is 1. The number of nitrogens with one attached hydrogen (secondary N) is 2. The van der Waals surface area contributed by atoms with Gasteiger partial charge in [0, 0.05) is 19.7 Å². The van der Waals surface area contributed by atoms with Gasteiger partial charge in [0.15, 0.2) is 0 Å². The van der Waals surface area contributed by atoms with Gasteiger partial charge < -0.3 is 33.8 Å². The highest BCUT2D eigenvalue weighted by atomic mass is 31.2. The van der Waals surface area contributed by atoms with Gasteiger partial charge in [-0.1, -0.05) is 181 Å². The van der Waals surface area contributed by atoms with Gasteiger partial charge in [0.25, 0.3) is 7.82 Å². The number of phosphoric acid groups is 1. The number of phosphoric ester groups is 1. The zero-order valence-corrected chi connectivity index (χ0v) is 35.4. The molecular formula is C41H86N3O6P. The zero-order chi connectivity index (χ0) is 37.7. The first-order chi connectivity index (χ1) is 24.6. The minimum Gasteiger partial charge on any atom is -0.756 e. The van der Waals surface area contributed by atoms with Crippen molar-refractivity contribution in [3.05, 3.63) is 0 Å². The molecule has 0 bridgehead atoms. The highest BCUT2D eigenvalue weighted by molar-refractivity contribution is 7.45. The van der Waals surface area contributed by atoms with Crippen molar-refractivity contribution in [1.82, 2.24) is 10.6 Å². The smallest absolute Gasteiger partial charge is 0.314 e. The molecule has 0 aromatic rings. The van der Waals surface area contributed by atoms with Crippen LogP contribution in [0, 0.1) is 0 Å². The summed E-state index contributed by atoms with van der Waals surface area (Å²) < 4.78 is 29.4. The van der Waals surface area contributed by atoms with Crippen molar-refractivity contribution in [1.29, 1.82) is 0 Å². The number of ether oxygens (including phenoxy) is 1. The minimum atomic E-state index is -4.55. The lowest BCUT2D eigenvalue weighted by atomic mass is 10.0. The molecule has 0 heterocycles. The minimum absolute atomic E-state index is 0.0221. The van der Waals surface area contributed by atoms with Gasteiger partial charge >= 0.3 is 6.03 Å². The van der Waals surface area contributed by atoms with E-state index >= 15 is 0 Å². The Labute approximate surface area is 316 Å².